The fourth-order valence-corrected chi connectivity index (χ4v) is 1.19. The Morgan fingerprint density at radius 3 is 1.80 bits per heavy atom. The number of carbonyl (C=O) groups excluding carboxylic acids is 4. The highest BCUT2D eigenvalue weighted by Crippen LogP contribution is 2.05. The maximum atomic E-state index is 11.7. The third-order valence-electron chi connectivity index (χ3n) is 2.02. The Hall–Kier alpha value is -2.18. The zero-order valence-electron chi connectivity index (χ0n) is 11.9. The Bertz CT molecular complexity index is 402. The van der Waals surface area contributed by atoms with Gasteiger partial charge in [-0.2, -0.15) is 0 Å². The molecule has 0 bridgehead atoms. The van der Waals surface area contributed by atoms with Crippen LogP contribution in [0.4, 0.5) is 0 Å². The van der Waals surface area contributed by atoms with Crippen LogP contribution >= 0.6 is 0 Å². The summed E-state index contributed by atoms with van der Waals surface area (Å²) < 4.78 is 14.0. The van der Waals surface area contributed by atoms with Crippen LogP contribution in [0.5, 0.6) is 0 Å². The second-order valence-electron chi connectivity index (χ2n) is 3.65. The molecule has 0 unspecified atom stereocenters. The van der Waals surface area contributed by atoms with Gasteiger partial charge in [0.2, 0.25) is 0 Å². The molecule has 0 heterocycles. The number of ketones is 1. The Morgan fingerprint density at radius 1 is 1.00 bits per heavy atom. The summed E-state index contributed by atoms with van der Waals surface area (Å²) >= 11 is 0. The van der Waals surface area contributed by atoms with Crippen molar-refractivity contribution >= 4 is 23.7 Å². The van der Waals surface area contributed by atoms with E-state index in [4.69, 9.17) is 0 Å². The van der Waals surface area contributed by atoms with Crippen molar-refractivity contribution in [2.75, 3.05) is 13.2 Å². The number of carbonyl (C=O) groups is 4. The Labute approximate surface area is 116 Å². The molecule has 0 aliphatic carbocycles. The minimum atomic E-state index is -1.11. The van der Waals surface area contributed by atoms with Gasteiger partial charge in [-0.25, -0.2) is 9.59 Å². The number of ether oxygens (including phenoxy) is 3. The van der Waals surface area contributed by atoms with Gasteiger partial charge < -0.3 is 14.2 Å². The van der Waals surface area contributed by atoms with Crippen LogP contribution in [-0.2, 0) is 33.4 Å². The highest BCUT2D eigenvalue weighted by Gasteiger charge is 2.24. The molecule has 1 atom stereocenters. The lowest BCUT2D eigenvalue weighted by Crippen LogP contribution is -2.25. The molecule has 0 rings (SSSR count). The predicted octanol–water partition coefficient (Wildman–Crippen LogP) is 0.560. The standard InChI is InChI=1S/C13H18O7/c1-5-18-12(16)10(13(17)19-6-2)7-11(15)8(3)20-9(4)14/h7-8H,5-6H2,1-4H3/t8-/m0/s1. The van der Waals surface area contributed by atoms with Crippen LogP contribution < -0.4 is 0 Å². The SMILES string of the molecule is CCOC(=O)C(=CC(=O)[C@H](C)OC(C)=O)C(=O)OCC. The molecule has 0 saturated carbocycles. The van der Waals surface area contributed by atoms with Crippen LogP contribution in [0.2, 0.25) is 0 Å². The van der Waals surface area contributed by atoms with Crippen molar-refractivity contribution in [1.82, 2.24) is 0 Å². The first-order valence-corrected chi connectivity index (χ1v) is 6.10. The third-order valence-corrected chi connectivity index (χ3v) is 2.02. The quantitative estimate of drug-likeness (QED) is 0.222. The van der Waals surface area contributed by atoms with E-state index in [0.717, 1.165) is 13.0 Å². The maximum Gasteiger partial charge on any atom is 0.345 e. The molecular formula is C13H18O7. The van der Waals surface area contributed by atoms with E-state index in [1.807, 2.05) is 0 Å². The molecular weight excluding hydrogens is 268 g/mol. The molecule has 0 N–H and O–H groups in total. The minimum Gasteiger partial charge on any atom is -0.462 e. The molecule has 0 aromatic heterocycles. The summed E-state index contributed by atoms with van der Waals surface area (Å²) in [7, 11) is 0. The average Bonchev–Trinajstić information content (AvgIpc) is 2.35. The van der Waals surface area contributed by atoms with Crippen molar-refractivity contribution in [2.45, 2.75) is 33.8 Å². The fraction of sp³-hybridized carbons (Fsp3) is 0.538. The third kappa shape index (κ3) is 6.12. The van der Waals surface area contributed by atoms with Crippen LogP contribution in [0.1, 0.15) is 27.7 Å². The largest absolute Gasteiger partial charge is 0.462 e. The molecule has 0 aromatic rings. The van der Waals surface area contributed by atoms with Crippen molar-refractivity contribution in [3.63, 3.8) is 0 Å². The summed E-state index contributed by atoms with van der Waals surface area (Å²) in [6, 6.07) is 0. The molecule has 7 nitrogen and oxygen atoms in total. The number of esters is 3. The van der Waals surface area contributed by atoms with E-state index in [9.17, 15) is 19.2 Å². The second-order valence-corrected chi connectivity index (χ2v) is 3.65. The van der Waals surface area contributed by atoms with Crippen molar-refractivity contribution < 1.29 is 33.4 Å². The van der Waals surface area contributed by atoms with Crippen LogP contribution in [0.3, 0.4) is 0 Å². The summed E-state index contributed by atoms with van der Waals surface area (Å²) in [5.41, 5.74) is -0.530. The van der Waals surface area contributed by atoms with Gasteiger partial charge in [0.1, 0.15) is 5.57 Å². The van der Waals surface area contributed by atoms with Crippen LogP contribution in [0.25, 0.3) is 0 Å². The minimum absolute atomic E-state index is 0.0449. The topological polar surface area (TPSA) is 96.0 Å². The molecule has 20 heavy (non-hydrogen) atoms. The van der Waals surface area contributed by atoms with E-state index >= 15 is 0 Å². The van der Waals surface area contributed by atoms with Crippen LogP contribution in [0.15, 0.2) is 11.6 Å². The van der Waals surface area contributed by atoms with E-state index in [1.165, 1.54) is 6.92 Å². The summed E-state index contributed by atoms with van der Waals surface area (Å²) in [5, 5.41) is 0. The van der Waals surface area contributed by atoms with Crippen molar-refractivity contribution in [2.24, 2.45) is 0 Å². The van der Waals surface area contributed by atoms with E-state index in [1.54, 1.807) is 13.8 Å². The average molecular weight is 286 g/mol. The van der Waals surface area contributed by atoms with Gasteiger partial charge in [-0.15, -0.1) is 0 Å². The number of hydrogen-bond acceptors (Lipinski definition) is 7. The zero-order chi connectivity index (χ0) is 15.7. The lowest BCUT2D eigenvalue weighted by molar-refractivity contribution is -0.150. The predicted molar refractivity (Wildman–Crippen MR) is 67.6 cm³/mol. The molecule has 0 aliphatic rings. The molecule has 0 fully saturated rings. The van der Waals surface area contributed by atoms with Crippen molar-refractivity contribution in [3.8, 4) is 0 Å². The molecule has 112 valence electrons. The molecule has 0 radical (unpaired) electrons. The monoisotopic (exact) mass is 286 g/mol. The molecule has 0 aliphatic heterocycles. The number of rotatable bonds is 7. The Morgan fingerprint density at radius 2 is 1.45 bits per heavy atom. The van der Waals surface area contributed by atoms with Crippen LogP contribution in [-0.4, -0.2) is 43.0 Å². The van der Waals surface area contributed by atoms with Gasteiger partial charge in [0.05, 0.1) is 13.2 Å². The molecule has 0 amide bonds. The smallest absolute Gasteiger partial charge is 0.345 e. The van der Waals surface area contributed by atoms with Crippen LogP contribution in [0, 0.1) is 0 Å². The van der Waals surface area contributed by atoms with Gasteiger partial charge in [0.25, 0.3) is 0 Å². The first-order valence-electron chi connectivity index (χ1n) is 6.10. The zero-order valence-corrected chi connectivity index (χ0v) is 11.9. The second kappa shape index (κ2) is 8.84. The highest BCUT2D eigenvalue weighted by molar-refractivity contribution is 6.18. The summed E-state index contributed by atoms with van der Waals surface area (Å²) in [5.74, 6) is -3.28. The van der Waals surface area contributed by atoms with E-state index < -0.39 is 35.4 Å². The lowest BCUT2D eigenvalue weighted by atomic mass is 10.1. The first kappa shape index (κ1) is 17.8. The molecule has 0 spiro atoms. The van der Waals surface area contributed by atoms with Gasteiger partial charge in [-0.1, -0.05) is 0 Å². The summed E-state index contributed by atoms with van der Waals surface area (Å²) in [6.07, 6.45) is -0.338. The Balaban J connectivity index is 5.14. The van der Waals surface area contributed by atoms with Crippen molar-refractivity contribution in [1.29, 1.82) is 0 Å². The number of hydrogen-bond donors (Lipinski definition) is 0. The Kier molecular flexibility index (Phi) is 7.88. The molecule has 0 saturated heterocycles. The fourth-order valence-electron chi connectivity index (χ4n) is 1.19. The van der Waals surface area contributed by atoms with Gasteiger partial charge >= 0.3 is 17.9 Å². The maximum absolute atomic E-state index is 11.7. The van der Waals surface area contributed by atoms with Crippen molar-refractivity contribution in [3.05, 3.63) is 11.6 Å². The molecule has 0 aromatic carbocycles. The van der Waals surface area contributed by atoms with E-state index in [-0.39, 0.29) is 13.2 Å². The lowest BCUT2D eigenvalue weighted by Gasteiger charge is -2.10. The normalized spacial score (nSPS) is 11.0. The van der Waals surface area contributed by atoms with E-state index in [0.29, 0.717) is 0 Å². The highest BCUT2D eigenvalue weighted by atomic mass is 16.6. The van der Waals surface area contributed by atoms with E-state index in [2.05, 4.69) is 14.2 Å². The summed E-state index contributed by atoms with van der Waals surface area (Å²) in [4.78, 5) is 45.7. The molecule has 7 heteroatoms. The van der Waals surface area contributed by atoms with Gasteiger partial charge in [0, 0.05) is 13.0 Å². The van der Waals surface area contributed by atoms with Gasteiger partial charge in [0.15, 0.2) is 11.9 Å². The summed E-state index contributed by atoms with van der Waals surface area (Å²) in [6.45, 7) is 5.68. The van der Waals surface area contributed by atoms with Gasteiger partial charge in [-0.3, -0.25) is 9.59 Å². The first-order chi connectivity index (χ1) is 9.33. The van der Waals surface area contributed by atoms with Gasteiger partial charge in [-0.05, 0) is 20.8 Å².